The zero-order valence-corrected chi connectivity index (χ0v) is 13.0. The normalized spacial score (nSPS) is 10.6. The van der Waals surface area contributed by atoms with Gasteiger partial charge in [0.1, 0.15) is 16.7 Å². The summed E-state index contributed by atoms with van der Waals surface area (Å²) in [5.41, 5.74) is 7.45. The number of rotatable bonds is 5. The highest BCUT2D eigenvalue weighted by Crippen LogP contribution is 2.37. The molecule has 0 saturated carbocycles. The minimum absolute atomic E-state index is 0.257. The van der Waals surface area contributed by atoms with Crippen LogP contribution in [0.15, 0.2) is 12.3 Å². The summed E-state index contributed by atoms with van der Waals surface area (Å²) in [6.07, 6.45) is 1.51. The Morgan fingerprint density at radius 1 is 1.43 bits per heavy atom. The molecule has 112 valence electrons. The number of aromatic amines is 1. The van der Waals surface area contributed by atoms with E-state index in [1.165, 1.54) is 11.3 Å². The van der Waals surface area contributed by atoms with E-state index in [-0.39, 0.29) is 18.8 Å². The molecule has 3 N–H and O–H groups in total. The lowest BCUT2D eigenvalue weighted by Crippen LogP contribution is -2.12. The average Bonchev–Trinajstić information content (AvgIpc) is 2.76. The lowest BCUT2D eigenvalue weighted by molar-refractivity contribution is -0.341. The van der Waals surface area contributed by atoms with Crippen molar-refractivity contribution >= 4 is 44.7 Å². The molecular formula is C14H18N3O3S+. The molecule has 0 bridgehead atoms. The third-order valence-electron chi connectivity index (χ3n) is 3.00. The van der Waals surface area contributed by atoms with Crippen molar-refractivity contribution in [3.63, 3.8) is 0 Å². The lowest BCUT2D eigenvalue weighted by Gasteiger charge is -2.12. The van der Waals surface area contributed by atoms with Crippen LogP contribution in [0, 0.1) is 0 Å². The Morgan fingerprint density at radius 2 is 2.14 bits per heavy atom. The summed E-state index contributed by atoms with van der Waals surface area (Å²) in [4.78, 5) is 29.9. The summed E-state index contributed by atoms with van der Waals surface area (Å²) in [5, 5.41) is 0.805. The fourth-order valence-electron chi connectivity index (χ4n) is 2.08. The summed E-state index contributed by atoms with van der Waals surface area (Å²) >= 11 is 1.26. The van der Waals surface area contributed by atoms with Gasteiger partial charge in [0.2, 0.25) is 0 Å². The quantitative estimate of drug-likeness (QED) is 0.514. The van der Waals surface area contributed by atoms with E-state index in [9.17, 15) is 9.59 Å². The van der Waals surface area contributed by atoms with Crippen LogP contribution in [0.4, 0.5) is 11.4 Å². The zero-order chi connectivity index (χ0) is 15.6. The van der Waals surface area contributed by atoms with Crippen molar-refractivity contribution in [3.05, 3.63) is 17.1 Å². The molecule has 0 aromatic carbocycles. The molecule has 2 aromatic rings. The molecule has 7 heteroatoms. The van der Waals surface area contributed by atoms with E-state index in [1.54, 1.807) is 13.1 Å². The van der Waals surface area contributed by atoms with Crippen molar-refractivity contribution < 1.29 is 19.3 Å². The lowest BCUT2D eigenvalue weighted by atomic mass is 10.1. The third-order valence-corrected chi connectivity index (χ3v) is 4.18. The molecule has 0 radical (unpaired) electrons. The molecule has 6 nitrogen and oxygen atoms in total. The number of H-pyrrole nitrogens is 1. The van der Waals surface area contributed by atoms with Gasteiger partial charge in [0.05, 0.1) is 18.0 Å². The molecule has 0 saturated heterocycles. The average molecular weight is 308 g/mol. The SMILES string of the molecule is CCOC(=O)CC(=O)c1sc2[nH+]ccc(N(C)C)c2c1N. The molecule has 0 aliphatic heterocycles. The summed E-state index contributed by atoms with van der Waals surface area (Å²) < 4.78 is 4.80. The molecule has 21 heavy (non-hydrogen) atoms. The fraction of sp³-hybridized carbons (Fsp3) is 0.357. The van der Waals surface area contributed by atoms with E-state index < -0.39 is 5.97 Å². The van der Waals surface area contributed by atoms with Gasteiger partial charge in [-0.25, -0.2) is 4.98 Å². The first kappa shape index (κ1) is 15.2. The number of ether oxygens (including phenoxy) is 1. The number of hydrogen-bond donors (Lipinski definition) is 1. The fourth-order valence-corrected chi connectivity index (χ4v) is 3.13. The van der Waals surface area contributed by atoms with Crippen molar-refractivity contribution in [1.29, 1.82) is 0 Å². The maximum atomic E-state index is 12.2. The number of anilines is 2. The van der Waals surface area contributed by atoms with E-state index in [2.05, 4.69) is 4.98 Å². The topological polar surface area (TPSA) is 86.8 Å². The van der Waals surface area contributed by atoms with E-state index in [4.69, 9.17) is 10.5 Å². The molecule has 0 aliphatic carbocycles. The van der Waals surface area contributed by atoms with Gasteiger partial charge in [0.25, 0.3) is 4.83 Å². The molecule has 2 heterocycles. The van der Waals surface area contributed by atoms with Crippen LogP contribution in [-0.4, -0.2) is 32.5 Å². The van der Waals surface area contributed by atoms with Gasteiger partial charge >= 0.3 is 5.97 Å². The van der Waals surface area contributed by atoms with Crippen molar-refractivity contribution in [2.24, 2.45) is 0 Å². The number of hydrogen-bond acceptors (Lipinski definition) is 6. The molecule has 0 amide bonds. The Balaban J connectivity index is 2.42. The number of ketones is 1. The van der Waals surface area contributed by atoms with Gasteiger partial charge < -0.3 is 15.4 Å². The predicted molar refractivity (Wildman–Crippen MR) is 82.7 cm³/mol. The van der Waals surface area contributed by atoms with Crippen molar-refractivity contribution in [3.8, 4) is 0 Å². The minimum atomic E-state index is -0.531. The molecule has 0 fully saturated rings. The van der Waals surface area contributed by atoms with Gasteiger partial charge in [-0.2, -0.15) is 0 Å². The summed E-state index contributed by atoms with van der Waals surface area (Å²) in [6, 6.07) is 1.89. The van der Waals surface area contributed by atoms with Crippen LogP contribution < -0.4 is 15.6 Å². The first-order chi connectivity index (χ1) is 9.95. The van der Waals surface area contributed by atoms with Gasteiger partial charge in [0.15, 0.2) is 12.0 Å². The van der Waals surface area contributed by atoms with E-state index in [0.29, 0.717) is 10.6 Å². The third kappa shape index (κ3) is 2.97. The summed E-state index contributed by atoms with van der Waals surface area (Å²) in [5.74, 6) is -0.846. The number of nitrogens with two attached hydrogens (primary N) is 1. The van der Waals surface area contributed by atoms with Crippen molar-refractivity contribution in [2.75, 3.05) is 31.3 Å². The van der Waals surface area contributed by atoms with Crippen LogP contribution in [0.2, 0.25) is 0 Å². The Hall–Kier alpha value is -2.15. The highest BCUT2D eigenvalue weighted by molar-refractivity contribution is 7.21. The number of pyridine rings is 1. The standard InChI is InChI=1S/C14H17N3O3S/c1-4-20-10(19)7-9(18)13-12(15)11-8(17(2)3)5-6-16-14(11)21-13/h5-6H,4,7,15H2,1-3H3/p+1. The highest BCUT2D eigenvalue weighted by Gasteiger charge is 2.24. The first-order valence-corrected chi connectivity index (χ1v) is 7.36. The Morgan fingerprint density at radius 3 is 2.76 bits per heavy atom. The van der Waals surface area contributed by atoms with Crippen LogP contribution in [0.3, 0.4) is 0 Å². The second kappa shape index (κ2) is 6.09. The Labute approximate surface area is 126 Å². The van der Waals surface area contributed by atoms with Gasteiger partial charge in [-0.05, 0) is 6.92 Å². The maximum absolute atomic E-state index is 12.2. The molecule has 2 rings (SSSR count). The van der Waals surface area contributed by atoms with Gasteiger partial charge in [-0.1, -0.05) is 11.3 Å². The number of aromatic nitrogens is 1. The summed E-state index contributed by atoms with van der Waals surface area (Å²) in [6.45, 7) is 1.96. The van der Waals surface area contributed by atoms with Crippen LogP contribution in [0.5, 0.6) is 0 Å². The van der Waals surface area contributed by atoms with Crippen LogP contribution in [-0.2, 0) is 9.53 Å². The number of nitrogens with one attached hydrogen (secondary N) is 1. The van der Waals surface area contributed by atoms with Crippen LogP contribution >= 0.6 is 11.3 Å². The van der Waals surface area contributed by atoms with E-state index in [0.717, 1.165) is 15.9 Å². The largest absolute Gasteiger partial charge is 0.466 e. The number of esters is 1. The molecule has 2 aromatic heterocycles. The van der Waals surface area contributed by atoms with Gasteiger partial charge in [-0.3, -0.25) is 9.59 Å². The number of carbonyl (C=O) groups excluding carboxylic acids is 2. The van der Waals surface area contributed by atoms with Gasteiger partial charge in [-0.15, -0.1) is 0 Å². The van der Waals surface area contributed by atoms with Crippen molar-refractivity contribution in [1.82, 2.24) is 0 Å². The molecular weight excluding hydrogens is 290 g/mol. The number of nitrogens with zero attached hydrogens (tertiary/aromatic N) is 1. The Bertz CT molecular complexity index is 694. The highest BCUT2D eigenvalue weighted by atomic mass is 32.1. The second-order valence-corrected chi connectivity index (χ2v) is 5.73. The zero-order valence-electron chi connectivity index (χ0n) is 12.2. The number of nitrogen functional groups attached to an aromatic ring is 1. The second-order valence-electron chi connectivity index (χ2n) is 4.71. The first-order valence-electron chi connectivity index (χ1n) is 6.54. The van der Waals surface area contributed by atoms with Crippen molar-refractivity contribution in [2.45, 2.75) is 13.3 Å². The maximum Gasteiger partial charge on any atom is 0.313 e. The Kier molecular flexibility index (Phi) is 4.42. The van der Waals surface area contributed by atoms with E-state index in [1.807, 2.05) is 25.1 Å². The number of carbonyl (C=O) groups is 2. The van der Waals surface area contributed by atoms with E-state index >= 15 is 0 Å². The number of thiophene rings is 1. The van der Waals surface area contributed by atoms with Crippen LogP contribution in [0.25, 0.3) is 10.2 Å². The molecule has 0 atom stereocenters. The van der Waals surface area contributed by atoms with Crippen LogP contribution in [0.1, 0.15) is 23.0 Å². The van der Waals surface area contributed by atoms with Gasteiger partial charge in [0, 0.05) is 20.2 Å². The number of Topliss-reactive ketones (excluding diaryl/α,β-unsaturated/α-hetero) is 1. The smallest absolute Gasteiger partial charge is 0.313 e. The molecule has 0 unspecified atom stereocenters. The predicted octanol–water partition coefficient (Wildman–Crippen LogP) is 1.50. The molecule has 0 aliphatic rings. The summed E-state index contributed by atoms with van der Waals surface area (Å²) in [7, 11) is 3.82. The monoisotopic (exact) mass is 308 g/mol. The number of fused-ring (bicyclic) bond motifs is 1. The molecule has 0 spiro atoms. The minimum Gasteiger partial charge on any atom is -0.466 e.